The van der Waals surface area contributed by atoms with Crippen molar-refractivity contribution in [1.29, 1.82) is 0 Å². The summed E-state index contributed by atoms with van der Waals surface area (Å²) in [4.78, 5) is 25.2. The van der Waals surface area contributed by atoms with Crippen molar-refractivity contribution in [2.45, 2.75) is 16.7 Å². The molecule has 0 amide bonds. The first-order valence-electron chi connectivity index (χ1n) is 9.64. The van der Waals surface area contributed by atoms with Crippen LogP contribution in [0.25, 0.3) is 6.08 Å². The van der Waals surface area contributed by atoms with Crippen LogP contribution in [-0.2, 0) is 0 Å². The van der Waals surface area contributed by atoms with E-state index in [2.05, 4.69) is 0 Å². The molecule has 3 aromatic rings. The Bertz CT molecular complexity index is 1170. The van der Waals surface area contributed by atoms with Crippen molar-refractivity contribution < 1.29 is 19.2 Å². The average Bonchev–Trinajstić information content (AvgIpc) is 2.79. The van der Waals surface area contributed by atoms with Gasteiger partial charge in [0.25, 0.3) is 5.69 Å². The lowest BCUT2D eigenvalue weighted by Crippen LogP contribution is -2.15. The second-order valence-corrected chi connectivity index (χ2v) is 8.07. The predicted octanol–water partition coefficient (Wildman–Crippen LogP) is 5.72. The topological polar surface area (TPSA) is 78.7 Å². The van der Waals surface area contributed by atoms with E-state index in [0.29, 0.717) is 40.7 Å². The number of nitrogens with zero attached hydrogens (tertiary/aromatic N) is 1. The van der Waals surface area contributed by atoms with Crippen molar-refractivity contribution in [3.05, 3.63) is 93.5 Å². The molecule has 6 nitrogen and oxygen atoms in total. The lowest BCUT2D eigenvalue weighted by Gasteiger charge is -2.18. The second-order valence-electron chi connectivity index (χ2n) is 6.96. The summed E-state index contributed by atoms with van der Waals surface area (Å²) in [5, 5.41) is 11.6. The van der Waals surface area contributed by atoms with E-state index in [1.165, 1.54) is 23.9 Å². The Labute approximate surface area is 183 Å². The first-order chi connectivity index (χ1) is 15.0. The number of aryl methyl sites for hydroxylation is 1. The number of nitro benzene ring substituents is 1. The number of hydrogen-bond donors (Lipinski definition) is 0. The van der Waals surface area contributed by atoms with E-state index in [0.717, 1.165) is 10.5 Å². The van der Waals surface area contributed by atoms with E-state index in [4.69, 9.17) is 9.47 Å². The molecule has 0 radical (unpaired) electrons. The largest absolute Gasteiger partial charge is 0.486 e. The van der Waals surface area contributed by atoms with Crippen molar-refractivity contribution in [2.75, 3.05) is 13.2 Å². The molecule has 0 unspecified atom stereocenters. The Kier molecular flexibility index (Phi) is 6.04. The molecule has 0 bridgehead atoms. The highest BCUT2D eigenvalue weighted by Gasteiger charge is 2.16. The Morgan fingerprint density at radius 1 is 1.00 bits per heavy atom. The van der Waals surface area contributed by atoms with Crippen LogP contribution in [0.2, 0.25) is 0 Å². The molecule has 3 aromatic carbocycles. The SMILES string of the molecule is Cc1ccc(Sc2ccc(/C=C/C(=O)c3ccc4c(c3)OCCO4)cc2[N+](=O)[O-])cc1. The van der Waals surface area contributed by atoms with Crippen LogP contribution in [-0.4, -0.2) is 23.9 Å². The van der Waals surface area contributed by atoms with E-state index < -0.39 is 4.92 Å². The third-order valence-corrected chi connectivity index (χ3v) is 5.76. The lowest BCUT2D eigenvalue weighted by molar-refractivity contribution is -0.387. The van der Waals surface area contributed by atoms with Crippen LogP contribution in [0.3, 0.4) is 0 Å². The smallest absolute Gasteiger partial charge is 0.283 e. The summed E-state index contributed by atoms with van der Waals surface area (Å²) in [6.07, 6.45) is 2.98. The molecule has 31 heavy (non-hydrogen) atoms. The van der Waals surface area contributed by atoms with E-state index in [1.54, 1.807) is 36.4 Å². The van der Waals surface area contributed by atoms with Gasteiger partial charge in [-0.25, -0.2) is 0 Å². The molecule has 0 N–H and O–H groups in total. The molecule has 0 aromatic heterocycles. The van der Waals surface area contributed by atoms with Crippen LogP contribution in [0.15, 0.2) is 76.5 Å². The number of allylic oxidation sites excluding steroid dienone is 1. The number of carbonyl (C=O) groups excluding carboxylic acids is 1. The highest BCUT2D eigenvalue weighted by molar-refractivity contribution is 7.99. The summed E-state index contributed by atoms with van der Waals surface area (Å²) in [5.41, 5.74) is 2.16. The van der Waals surface area contributed by atoms with Crippen molar-refractivity contribution in [3.63, 3.8) is 0 Å². The Hall–Kier alpha value is -3.58. The van der Waals surface area contributed by atoms with Crippen molar-refractivity contribution in [1.82, 2.24) is 0 Å². The zero-order valence-corrected chi connectivity index (χ0v) is 17.6. The van der Waals surface area contributed by atoms with Crippen LogP contribution < -0.4 is 9.47 Å². The maximum atomic E-state index is 12.5. The van der Waals surface area contributed by atoms with Gasteiger partial charge in [0.1, 0.15) is 13.2 Å². The minimum Gasteiger partial charge on any atom is -0.486 e. The van der Waals surface area contributed by atoms with Crippen molar-refractivity contribution >= 4 is 29.3 Å². The van der Waals surface area contributed by atoms with Gasteiger partial charge < -0.3 is 9.47 Å². The van der Waals surface area contributed by atoms with Gasteiger partial charge in [-0.05, 0) is 55.0 Å². The van der Waals surface area contributed by atoms with Crippen LogP contribution in [0.4, 0.5) is 5.69 Å². The molecule has 0 fully saturated rings. The number of benzene rings is 3. The summed E-state index contributed by atoms with van der Waals surface area (Å²) in [7, 11) is 0. The molecule has 0 atom stereocenters. The summed E-state index contributed by atoms with van der Waals surface area (Å²) in [5.74, 6) is 0.931. The van der Waals surface area contributed by atoms with Gasteiger partial charge in [0.05, 0.1) is 9.82 Å². The number of fused-ring (bicyclic) bond motifs is 1. The number of ketones is 1. The standard InChI is InChI=1S/C24H19NO5S/c1-16-2-7-19(8-3-16)31-24-11-5-17(14-20(24)25(27)28)4-9-21(26)18-6-10-22-23(15-18)30-13-12-29-22/h2-11,14-15H,12-13H2,1H3/b9-4+. The number of hydrogen-bond acceptors (Lipinski definition) is 6. The molecule has 1 aliphatic rings. The van der Waals surface area contributed by atoms with Gasteiger partial charge >= 0.3 is 0 Å². The Morgan fingerprint density at radius 2 is 1.74 bits per heavy atom. The highest BCUT2D eigenvalue weighted by Crippen LogP contribution is 2.36. The van der Waals surface area contributed by atoms with Crippen LogP contribution in [0.5, 0.6) is 11.5 Å². The number of rotatable bonds is 6. The second kappa shape index (κ2) is 9.06. The Morgan fingerprint density at radius 3 is 2.48 bits per heavy atom. The molecule has 156 valence electrons. The summed E-state index contributed by atoms with van der Waals surface area (Å²) in [6, 6.07) is 17.8. The fourth-order valence-electron chi connectivity index (χ4n) is 3.07. The molecule has 4 rings (SSSR count). The van der Waals surface area contributed by atoms with Crippen molar-refractivity contribution in [3.8, 4) is 11.5 Å². The van der Waals surface area contributed by atoms with Crippen molar-refractivity contribution in [2.24, 2.45) is 0 Å². The molecule has 1 aliphatic heterocycles. The fraction of sp³-hybridized carbons (Fsp3) is 0.125. The zero-order valence-electron chi connectivity index (χ0n) is 16.7. The summed E-state index contributed by atoms with van der Waals surface area (Å²) >= 11 is 1.34. The number of carbonyl (C=O) groups is 1. The molecule has 0 aliphatic carbocycles. The minimum atomic E-state index is -0.406. The molecule has 7 heteroatoms. The predicted molar refractivity (Wildman–Crippen MR) is 119 cm³/mol. The first kappa shape index (κ1) is 20.7. The molecule has 1 heterocycles. The third kappa shape index (κ3) is 4.95. The Balaban J connectivity index is 1.53. The molecule has 0 saturated heterocycles. The van der Waals surface area contributed by atoms with E-state index in [-0.39, 0.29) is 11.5 Å². The number of ether oxygens (including phenoxy) is 2. The lowest BCUT2D eigenvalue weighted by atomic mass is 10.1. The summed E-state index contributed by atoms with van der Waals surface area (Å²) < 4.78 is 11.0. The van der Waals surface area contributed by atoms with E-state index in [9.17, 15) is 14.9 Å². The average molecular weight is 433 g/mol. The van der Waals surface area contributed by atoms with Crippen LogP contribution in [0, 0.1) is 17.0 Å². The van der Waals surface area contributed by atoms with E-state index in [1.807, 2.05) is 31.2 Å². The molecular weight excluding hydrogens is 414 g/mol. The van der Waals surface area contributed by atoms with Gasteiger partial charge in [0, 0.05) is 16.5 Å². The minimum absolute atomic E-state index is 0.000460. The molecule has 0 saturated carbocycles. The van der Waals surface area contributed by atoms with E-state index >= 15 is 0 Å². The first-order valence-corrected chi connectivity index (χ1v) is 10.5. The van der Waals surface area contributed by atoms with Crippen LogP contribution in [0.1, 0.15) is 21.5 Å². The van der Waals surface area contributed by atoms with Gasteiger partial charge in [-0.1, -0.05) is 41.6 Å². The summed E-state index contributed by atoms with van der Waals surface area (Å²) in [6.45, 7) is 2.92. The zero-order chi connectivity index (χ0) is 21.8. The maximum Gasteiger partial charge on any atom is 0.283 e. The van der Waals surface area contributed by atoms with Gasteiger partial charge in [-0.15, -0.1) is 0 Å². The number of nitro groups is 1. The van der Waals surface area contributed by atoms with Gasteiger partial charge in [0.15, 0.2) is 17.3 Å². The van der Waals surface area contributed by atoms with Gasteiger partial charge in [0.2, 0.25) is 0 Å². The molecule has 0 spiro atoms. The monoisotopic (exact) mass is 433 g/mol. The van der Waals surface area contributed by atoms with Gasteiger partial charge in [-0.3, -0.25) is 14.9 Å². The quantitative estimate of drug-likeness (QED) is 0.214. The third-order valence-electron chi connectivity index (χ3n) is 4.68. The van der Waals surface area contributed by atoms with Gasteiger partial charge in [-0.2, -0.15) is 0 Å². The fourth-order valence-corrected chi connectivity index (χ4v) is 3.97. The maximum absolute atomic E-state index is 12.5. The highest BCUT2D eigenvalue weighted by atomic mass is 32.2. The molecular formula is C24H19NO5S. The van der Waals surface area contributed by atoms with Crippen LogP contribution >= 0.6 is 11.8 Å². The normalized spacial score (nSPS) is 12.7.